The lowest BCUT2D eigenvalue weighted by molar-refractivity contribution is -0.137. The number of fused-ring (bicyclic) bond motifs is 4. The number of likely N-dealkylation sites (tertiary alicyclic amines) is 1. The maximum atomic E-state index is 13.5. The van der Waals surface area contributed by atoms with Crippen LogP contribution in [0.4, 0.5) is 11.5 Å². The molecular formula is C30H39N7O2S. The highest BCUT2D eigenvalue weighted by molar-refractivity contribution is 7.19. The van der Waals surface area contributed by atoms with Crippen molar-refractivity contribution in [2.24, 2.45) is 10.9 Å². The van der Waals surface area contributed by atoms with Crippen molar-refractivity contribution >= 4 is 45.2 Å². The molecule has 1 amide bonds. The number of nitrogens with zero attached hydrogens (tertiary/aromatic N) is 6. The number of anilines is 2. The second-order valence-corrected chi connectivity index (χ2v) is 12.7. The average Bonchev–Trinajstić information content (AvgIpc) is 3.56. The highest BCUT2D eigenvalue weighted by atomic mass is 32.1. The fourth-order valence-electron chi connectivity index (χ4n) is 6.10. The van der Waals surface area contributed by atoms with E-state index in [0.717, 1.165) is 84.8 Å². The molecule has 10 heteroatoms. The number of piperidine rings is 1. The maximum Gasteiger partial charge on any atom is 0.226 e. The van der Waals surface area contributed by atoms with E-state index in [-0.39, 0.29) is 5.92 Å². The van der Waals surface area contributed by atoms with Gasteiger partial charge in [0.05, 0.1) is 17.6 Å². The number of rotatable bonds is 8. The summed E-state index contributed by atoms with van der Waals surface area (Å²) >= 11 is 1.71. The van der Waals surface area contributed by atoms with Crippen LogP contribution < -0.4 is 10.1 Å². The number of aromatic nitrogens is 2. The molecule has 2 aliphatic heterocycles. The van der Waals surface area contributed by atoms with Crippen molar-refractivity contribution in [3.63, 3.8) is 0 Å². The number of benzene rings is 1. The SMILES string of the molecule is CN(C)CCOc1cc2c(cc1Nc1ncnc3sc4c(c13)CC[C@H](C(=O)N1CCC(N(C)C)CC1)C4)C=NC2. The van der Waals surface area contributed by atoms with Crippen LogP contribution in [0.1, 0.15) is 40.8 Å². The minimum atomic E-state index is 0.0496. The molecule has 1 aromatic carbocycles. The first-order chi connectivity index (χ1) is 19.4. The molecule has 0 saturated carbocycles. The van der Waals surface area contributed by atoms with E-state index in [0.29, 0.717) is 25.1 Å². The van der Waals surface area contributed by atoms with Crippen LogP contribution in [0.25, 0.3) is 10.2 Å². The monoisotopic (exact) mass is 561 g/mol. The van der Waals surface area contributed by atoms with E-state index < -0.39 is 0 Å². The van der Waals surface area contributed by atoms with Crippen LogP contribution in [-0.4, -0.2) is 97.3 Å². The smallest absolute Gasteiger partial charge is 0.226 e. The summed E-state index contributed by atoms with van der Waals surface area (Å²) in [7, 11) is 8.36. The van der Waals surface area contributed by atoms with E-state index >= 15 is 0 Å². The number of hydrogen-bond acceptors (Lipinski definition) is 9. The van der Waals surface area contributed by atoms with Crippen LogP contribution >= 0.6 is 11.3 Å². The van der Waals surface area contributed by atoms with E-state index in [1.54, 1.807) is 17.7 Å². The molecule has 3 aromatic rings. The minimum Gasteiger partial charge on any atom is -0.490 e. The third kappa shape index (κ3) is 5.44. The van der Waals surface area contributed by atoms with Gasteiger partial charge < -0.3 is 24.8 Å². The number of amides is 1. The fourth-order valence-corrected chi connectivity index (χ4v) is 7.36. The molecule has 1 N–H and O–H groups in total. The van der Waals surface area contributed by atoms with Crippen LogP contribution in [0, 0.1) is 5.92 Å². The quantitative estimate of drug-likeness (QED) is 0.446. The summed E-state index contributed by atoms with van der Waals surface area (Å²) in [5.41, 5.74) is 4.45. The third-order valence-electron chi connectivity index (χ3n) is 8.48. The summed E-state index contributed by atoms with van der Waals surface area (Å²) in [6.07, 6.45) is 8.19. The summed E-state index contributed by atoms with van der Waals surface area (Å²) in [6, 6.07) is 4.78. The van der Waals surface area contributed by atoms with Crippen molar-refractivity contribution < 1.29 is 9.53 Å². The number of thiophene rings is 1. The molecule has 1 aliphatic carbocycles. The Kier molecular flexibility index (Phi) is 7.74. The Morgan fingerprint density at radius 2 is 1.98 bits per heavy atom. The van der Waals surface area contributed by atoms with Crippen LogP contribution in [0.5, 0.6) is 5.75 Å². The number of carbonyl (C=O) groups is 1. The predicted octanol–water partition coefficient (Wildman–Crippen LogP) is 3.97. The Morgan fingerprint density at radius 3 is 2.75 bits per heavy atom. The zero-order valence-electron chi connectivity index (χ0n) is 23.9. The van der Waals surface area contributed by atoms with Gasteiger partial charge in [-0.1, -0.05) is 0 Å². The molecule has 4 heterocycles. The van der Waals surface area contributed by atoms with E-state index in [1.165, 1.54) is 16.0 Å². The predicted molar refractivity (Wildman–Crippen MR) is 161 cm³/mol. The number of ether oxygens (including phenoxy) is 1. The molecule has 1 saturated heterocycles. The minimum absolute atomic E-state index is 0.0496. The Balaban J connectivity index is 1.23. The zero-order chi connectivity index (χ0) is 27.8. The van der Waals surface area contributed by atoms with E-state index in [4.69, 9.17) is 4.74 Å². The van der Waals surface area contributed by atoms with E-state index in [1.807, 2.05) is 20.3 Å². The van der Waals surface area contributed by atoms with Crippen molar-refractivity contribution in [1.82, 2.24) is 24.7 Å². The molecule has 1 atom stereocenters. The molecule has 0 bridgehead atoms. The van der Waals surface area contributed by atoms with Crippen LogP contribution in [0.2, 0.25) is 0 Å². The molecule has 9 nitrogen and oxygen atoms in total. The zero-order valence-corrected chi connectivity index (χ0v) is 24.8. The summed E-state index contributed by atoms with van der Waals surface area (Å²) in [4.78, 5) is 36.0. The largest absolute Gasteiger partial charge is 0.490 e. The Hall–Kier alpha value is -3.08. The van der Waals surface area contributed by atoms with Gasteiger partial charge in [-0.15, -0.1) is 11.3 Å². The lowest BCUT2D eigenvalue weighted by Crippen LogP contribution is -2.47. The van der Waals surface area contributed by atoms with Gasteiger partial charge in [0.2, 0.25) is 5.91 Å². The molecule has 1 fully saturated rings. The maximum absolute atomic E-state index is 13.5. The van der Waals surface area contributed by atoms with E-state index in [9.17, 15) is 4.79 Å². The number of carbonyl (C=O) groups excluding carboxylic acids is 1. The second kappa shape index (κ2) is 11.4. The number of hydrogen-bond donors (Lipinski definition) is 1. The van der Waals surface area contributed by atoms with Gasteiger partial charge in [0.25, 0.3) is 0 Å². The van der Waals surface area contributed by atoms with Gasteiger partial charge in [0.1, 0.15) is 29.3 Å². The standard InChI is InChI=1S/C30H39N7O2S/c1-35(2)11-12-39-25-14-21-17-31-16-20(21)13-24(25)34-28-27-23-6-5-19(15-26(23)40-29(27)33-18-32-28)30(38)37-9-7-22(8-10-37)36(3)4/h13-14,16,18-19,22H,5-12,15,17H2,1-4H3,(H,32,33,34)/t19-/m0/s1. The first-order valence-corrected chi connectivity index (χ1v) is 15.1. The van der Waals surface area contributed by atoms with Crippen LogP contribution in [-0.2, 0) is 24.2 Å². The highest BCUT2D eigenvalue weighted by Gasteiger charge is 2.33. The molecule has 2 aromatic heterocycles. The molecular weight excluding hydrogens is 522 g/mol. The molecule has 40 heavy (non-hydrogen) atoms. The van der Waals surface area contributed by atoms with Gasteiger partial charge in [-0.25, -0.2) is 9.97 Å². The number of aliphatic imine (C=N–C) groups is 1. The fraction of sp³-hybridized carbons (Fsp3) is 0.533. The lowest BCUT2D eigenvalue weighted by Gasteiger charge is -2.37. The highest BCUT2D eigenvalue weighted by Crippen LogP contribution is 2.42. The summed E-state index contributed by atoms with van der Waals surface area (Å²) < 4.78 is 6.22. The van der Waals surface area contributed by atoms with Gasteiger partial charge >= 0.3 is 0 Å². The Morgan fingerprint density at radius 1 is 1.15 bits per heavy atom. The van der Waals surface area contributed by atoms with E-state index in [2.05, 4.69) is 61.2 Å². The molecule has 212 valence electrons. The molecule has 0 spiro atoms. The van der Waals surface area contributed by atoms with Gasteiger partial charge in [-0.3, -0.25) is 9.79 Å². The second-order valence-electron chi connectivity index (χ2n) is 11.7. The van der Waals surface area contributed by atoms with Gasteiger partial charge in [0, 0.05) is 42.7 Å². The van der Waals surface area contributed by atoms with Crippen molar-refractivity contribution in [3.05, 3.63) is 40.0 Å². The van der Waals surface area contributed by atoms with Gasteiger partial charge in [-0.05, 0) is 89.1 Å². The average molecular weight is 562 g/mol. The molecule has 0 unspecified atom stereocenters. The molecule has 0 radical (unpaired) electrons. The first kappa shape index (κ1) is 27.1. The Bertz CT molecular complexity index is 1430. The van der Waals surface area contributed by atoms with Crippen molar-refractivity contribution in [1.29, 1.82) is 0 Å². The molecule has 3 aliphatic rings. The first-order valence-electron chi connectivity index (χ1n) is 14.3. The number of nitrogens with one attached hydrogen (secondary N) is 1. The normalized spacial score (nSPS) is 18.9. The number of likely N-dealkylation sites (N-methyl/N-ethyl adjacent to an activating group) is 1. The van der Waals surface area contributed by atoms with Crippen LogP contribution in [0.15, 0.2) is 23.5 Å². The Labute approximate surface area is 240 Å². The van der Waals surface area contributed by atoms with Crippen LogP contribution in [0.3, 0.4) is 0 Å². The third-order valence-corrected chi connectivity index (χ3v) is 9.65. The molecule has 6 rings (SSSR count). The summed E-state index contributed by atoms with van der Waals surface area (Å²) in [5.74, 6) is 1.98. The summed E-state index contributed by atoms with van der Waals surface area (Å²) in [6.45, 7) is 3.83. The summed E-state index contributed by atoms with van der Waals surface area (Å²) in [5, 5.41) is 4.67. The van der Waals surface area contributed by atoms with Crippen molar-refractivity contribution in [2.75, 3.05) is 59.7 Å². The van der Waals surface area contributed by atoms with Gasteiger partial charge in [-0.2, -0.15) is 0 Å². The van der Waals surface area contributed by atoms with Crippen molar-refractivity contribution in [2.45, 2.75) is 44.7 Å². The number of aryl methyl sites for hydroxylation is 1. The van der Waals surface area contributed by atoms with Crippen molar-refractivity contribution in [3.8, 4) is 5.75 Å². The van der Waals surface area contributed by atoms with Gasteiger partial charge in [0.15, 0.2) is 0 Å². The topological polar surface area (TPSA) is 86.2 Å². The lowest BCUT2D eigenvalue weighted by atomic mass is 9.86.